The van der Waals surface area contributed by atoms with Crippen LogP contribution in [0.5, 0.6) is 0 Å². The van der Waals surface area contributed by atoms with Crippen LogP contribution in [0.2, 0.25) is 0 Å². The van der Waals surface area contributed by atoms with Crippen LogP contribution in [-0.4, -0.2) is 17.9 Å². The Morgan fingerprint density at radius 1 is 1.56 bits per heavy atom. The summed E-state index contributed by atoms with van der Waals surface area (Å²) in [5, 5.41) is 8.55. The molecule has 0 aliphatic heterocycles. The number of nitrogens with zero attached hydrogens (tertiary/aromatic N) is 2. The maximum absolute atomic E-state index is 11.5. The van der Waals surface area contributed by atoms with E-state index in [1.54, 1.807) is 6.19 Å². The van der Waals surface area contributed by atoms with E-state index in [1.165, 1.54) is 13.1 Å². The summed E-state index contributed by atoms with van der Waals surface area (Å²) in [6.45, 7) is 1.84. The highest BCUT2D eigenvalue weighted by Gasteiger charge is 2.05. The van der Waals surface area contributed by atoms with Crippen molar-refractivity contribution in [3.63, 3.8) is 0 Å². The Morgan fingerprint density at radius 3 is 2.81 bits per heavy atom. The third-order valence-corrected chi connectivity index (χ3v) is 2.59. The van der Waals surface area contributed by atoms with Crippen molar-refractivity contribution in [1.29, 1.82) is 5.26 Å². The van der Waals surface area contributed by atoms with E-state index >= 15 is 0 Å². The van der Waals surface area contributed by atoms with Gasteiger partial charge in [-0.3, -0.25) is 4.79 Å². The SMILES string of the molecule is C/C(=C\C(=O)N(C)C#N)c1cccc(Br)c1. The normalized spacial score (nSPS) is 10.8. The lowest BCUT2D eigenvalue weighted by molar-refractivity contribution is -0.122. The summed E-state index contributed by atoms with van der Waals surface area (Å²) >= 11 is 3.36. The van der Waals surface area contributed by atoms with Gasteiger partial charge in [0.1, 0.15) is 0 Å². The number of carbonyl (C=O) groups is 1. The first-order valence-electron chi connectivity index (χ1n) is 4.66. The number of likely N-dealkylation sites (N-methyl/N-ethyl adjacent to an activating group) is 1. The fourth-order valence-electron chi connectivity index (χ4n) is 1.15. The van der Waals surface area contributed by atoms with Crippen molar-refractivity contribution in [3.8, 4) is 6.19 Å². The molecular weight excluding hydrogens is 268 g/mol. The highest BCUT2D eigenvalue weighted by atomic mass is 79.9. The van der Waals surface area contributed by atoms with Crippen LogP contribution in [0.4, 0.5) is 0 Å². The molecule has 82 valence electrons. The number of hydrogen-bond donors (Lipinski definition) is 0. The van der Waals surface area contributed by atoms with Gasteiger partial charge in [0.05, 0.1) is 0 Å². The van der Waals surface area contributed by atoms with Crippen LogP contribution in [0.25, 0.3) is 5.57 Å². The van der Waals surface area contributed by atoms with Crippen LogP contribution < -0.4 is 0 Å². The smallest absolute Gasteiger partial charge is 0.259 e. The van der Waals surface area contributed by atoms with Crippen LogP contribution in [0.1, 0.15) is 12.5 Å². The molecule has 0 aliphatic rings. The van der Waals surface area contributed by atoms with Gasteiger partial charge in [-0.05, 0) is 30.2 Å². The van der Waals surface area contributed by atoms with Crippen molar-refractivity contribution in [2.24, 2.45) is 0 Å². The molecule has 0 unspecified atom stereocenters. The molecule has 0 saturated carbocycles. The molecule has 1 aromatic rings. The van der Waals surface area contributed by atoms with Crippen LogP contribution in [-0.2, 0) is 4.79 Å². The molecule has 0 radical (unpaired) electrons. The predicted octanol–water partition coefficient (Wildman–Crippen LogP) is 2.79. The lowest BCUT2D eigenvalue weighted by atomic mass is 10.1. The van der Waals surface area contributed by atoms with Gasteiger partial charge in [-0.1, -0.05) is 28.1 Å². The Kier molecular flexibility index (Phi) is 4.27. The zero-order chi connectivity index (χ0) is 12.1. The molecule has 0 bridgehead atoms. The minimum Gasteiger partial charge on any atom is -0.269 e. The number of carbonyl (C=O) groups excluding carboxylic acids is 1. The van der Waals surface area contributed by atoms with E-state index < -0.39 is 0 Å². The summed E-state index contributed by atoms with van der Waals surface area (Å²) < 4.78 is 0.957. The van der Waals surface area contributed by atoms with E-state index in [1.807, 2.05) is 31.2 Å². The van der Waals surface area contributed by atoms with Crippen molar-refractivity contribution in [1.82, 2.24) is 4.90 Å². The van der Waals surface area contributed by atoms with Crippen LogP contribution >= 0.6 is 15.9 Å². The highest BCUT2D eigenvalue weighted by molar-refractivity contribution is 9.10. The molecule has 3 nitrogen and oxygen atoms in total. The fraction of sp³-hybridized carbons (Fsp3) is 0.167. The zero-order valence-corrected chi connectivity index (χ0v) is 10.7. The number of amides is 1. The number of allylic oxidation sites excluding steroid dienone is 1. The molecule has 0 atom stereocenters. The summed E-state index contributed by atoms with van der Waals surface area (Å²) in [7, 11) is 1.44. The van der Waals surface area contributed by atoms with Gasteiger partial charge in [0, 0.05) is 17.6 Å². The molecule has 0 saturated heterocycles. The molecule has 4 heteroatoms. The maximum atomic E-state index is 11.5. The fourth-order valence-corrected chi connectivity index (χ4v) is 1.55. The van der Waals surface area contributed by atoms with Crippen molar-refractivity contribution in [3.05, 3.63) is 40.4 Å². The number of nitriles is 1. The summed E-state index contributed by atoms with van der Waals surface area (Å²) in [6, 6.07) is 7.65. The minimum absolute atomic E-state index is 0.319. The molecule has 0 N–H and O–H groups in total. The summed E-state index contributed by atoms with van der Waals surface area (Å²) in [5.41, 5.74) is 1.78. The van der Waals surface area contributed by atoms with Gasteiger partial charge in [-0.2, -0.15) is 5.26 Å². The van der Waals surface area contributed by atoms with E-state index in [2.05, 4.69) is 15.9 Å². The molecule has 16 heavy (non-hydrogen) atoms. The Balaban J connectivity index is 2.95. The lowest BCUT2D eigenvalue weighted by Gasteiger charge is -2.05. The molecule has 1 rings (SSSR count). The predicted molar refractivity (Wildman–Crippen MR) is 66.2 cm³/mol. The van der Waals surface area contributed by atoms with E-state index in [9.17, 15) is 4.79 Å². The second-order valence-corrected chi connectivity index (χ2v) is 4.25. The molecular formula is C12H11BrN2O. The average Bonchev–Trinajstić information content (AvgIpc) is 2.27. The van der Waals surface area contributed by atoms with Crippen molar-refractivity contribution >= 4 is 27.4 Å². The first kappa shape index (κ1) is 12.5. The van der Waals surface area contributed by atoms with Crippen molar-refractivity contribution < 1.29 is 4.79 Å². The van der Waals surface area contributed by atoms with Gasteiger partial charge in [0.2, 0.25) is 0 Å². The van der Waals surface area contributed by atoms with Crippen LogP contribution in [0.3, 0.4) is 0 Å². The standard InChI is InChI=1S/C12H11BrN2O/c1-9(6-12(16)15(2)8-14)10-4-3-5-11(13)7-10/h3-7H,1-2H3/b9-6+. The van der Waals surface area contributed by atoms with E-state index in [-0.39, 0.29) is 5.91 Å². The van der Waals surface area contributed by atoms with E-state index in [0.29, 0.717) is 0 Å². The third kappa shape index (κ3) is 3.21. The Morgan fingerprint density at radius 2 is 2.25 bits per heavy atom. The molecule has 0 fully saturated rings. The van der Waals surface area contributed by atoms with E-state index in [0.717, 1.165) is 20.5 Å². The van der Waals surface area contributed by atoms with Gasteiger partial charge in [-0.15, -0.1) is 0 Å². The summed E-state index contributed by atoms with van der Waals surface area (Å²) in [5.74, 6) is -0.319. The Labute approximate surface area is 103 Å². The largest absolute Gasteiger partial charge is 0.269 e. The number of halogens is 1. The van der Waals surface area contributed by atoms with Crippen molar-refractivity contribution in [2.75, 3.05) is 7.05 Å². The molecule has 1 aromatic carbocycles. The van der Waals surface area contributed by atoms with Gasteiger partial charge < -0.3 is 0 Å². The third-order valence-electron chi connectivity index (χ3n) is 2.10. The molecule has 1 amide bonds. The van der Waals surface area contributed by atoms with Gasteiger partial charge >= 0.3 is 0 Å². The zero-order valence-electron chi connectivity index (χ0n) is 9.07. The monoisotopic (exact) mass is 278 g/mol. The summed E-state index contributed by atoms with van der Waals surface area (Å²) in [4.78, 5) is 12.4. The first-order chi connectivity index (χ1) is 7.54. The second-order valence-electron chi connectivity index (χ2n) is 3.33. The van der Waals surface area contributed by atoms with Gasteiger partial charge in [0.25, 0.3) is 5.91 Å². The Hall–Kier alpha value is -1.60. The molecule has 0 aliphatic carbocycles. The average molecular weight is 279 g/mol. The lowest BCUT2D eigenvalue weighted by Crippen LogP contribution is -2.18. The van der Waals surface area contributed by atoms with E-state index in [4.69, 9.17) is 5.26 Å². The second kappa shape index (κ2) is 5.47. The molecule has 0 aromatic heterocycles. The Bertz CT molecular complexity index is 474. The molecule has 0 spiro atoms. The first-order valence-corrected chi connectivity index (χ1v) is 5.45. The molecule has 0 heterocycles. The topological polar surface area (TPSA) is 44.1 Å². The van der Waals surface area contributed by atoms with Crippen LogP contribution in [0.15, 0.2) is 34.8 Å². The van der Waals surface area contributed by atoms with Gasteiger partial charge in [0.15, 0.2) is 6.19 Å². The number of hydrogen-bond acceptors (Lipinski definition) is 2. The van der Waals surface area contributed by atoms with Crippen LogP contribution in [0, 0.1) is 11.5 Å². The number of benzene rings is 1. The maximum Gasteiger partial charge on any atom is 0.259 e. The quantitative estimate of drug-likeness (QED) is 0.474. The summed E-state index contributed by atoms with van der Waals surface area (Å²) in [6.07, 6.45) is 3.21. The van der Waals surface area contributed by atoms with Crippen molar-refractivity contribution in [2.45, 2.75) is 6.92 Å². The van der Waals surface area contributed by atoms with Gasteiger partial charge in [-0.25, -0.2) is 4.90 Å². The highest BCUT2D eigenvalue weighted by Crippen LogP contribution is 2.18. The number of rotatable bonds is 2. The minimum atomic E-state index is -0.319.